The van der Waals surface area contributed by atoms with Crippen LogP contribution in [0.3, 0.4) is 0 Å². The molecule has 1 aromatic carbocycles. The Bertz CT molecular complexity index is 899. The van der Waals surface area contributed by atoms with Crippen LogP contribution in [0.25, 0.3) is 0 Å². The smallest absolute Gasteiger partial charge is 0.161 e. The molecule has 3 unspecified atom stereocenters. The first-order valence-electron chi connectivity index (χ1n) is 12.8. The maximum absolute atomic E-state index is 11.1. The number of methoxy groups -OCH3 is 2. The van der Waals surface area contributed by atoms with E-state index >= 15 is 0 Å². The molecule has 0 spiro atoms. The average molecular weight is 330 g/mol. The molecule has 4 nitrogen and oxygen atoms in total. The molecule has 23 heavy (non-hydrogen) atoms. The highest BCUT2D eigenvalue weighted by molar-refractivity contribution is 5.49. The third-order valence-corrected chi connectivity index (χ3v) is 4.41. The lowest BCUT2D eigenvalue weighted by Crippen LogP contribution is -2.48. The predicted molar refractivity (Wildman–Crippen MR) is 91.1 cm³/mol. The van der Waals surface area contributed by atoms with Crippen LogP contribution in [-0.4, -0.2) is 43.3 Å². The van der Waals surface area contributed by atoms with Crippen LogP contribution in [0.4, 0.5) is 0 Å². The van der Waals surface area contributed by atoms with Crippen LogP contribution in [0.5, 0.6) is 11.5 Å². The van der Waals surface area contributed by atoms with Crippen molar-refractivity contribution in [3.05, 3.63) is 23.3 Å². The number of fused-ring (bicyclic) bond motifs is 3. The molecule has 4 heteroatoms. The molecule has 2 aliphatic rings. The number of hydrogen-bond donors (Lipinski definition) is 1. The normalized spacial score (nSPS) is 43.6. The Morgan fingerprint density at radius 1 is 1.39 bits per heavy atom. The minimum atomic E-state index is -2.93. The number of ether oxygens (including phenoxy) is 2. The molecule has 3 rings (SSSR count). The van der Waals surface area contributed by atoms with Crippen molar-refractivity contribution in [3.8, 4) is 11.5 Å². The highest BCUT2D eigenvalue weighted by Gasteiger charge is 2.38. The van der Waals surface area contributed by atoms with Crippen molar-refractivity contribution in [1.82, 2.24) is 4.90 Å². The van der Waals surface area contributed by atoms with Crippen LogP contribution in [-0.2, 0) is 6.42 Å². The van der Waals surface area contributed by atoms with Crippen LogP contribution in [0.1, 0.15) is 57.5 Å². The Morgan fingerprint density at radius 3 is 2.83 bits per heavy atom. The SMILES string of the molecule is [2H]C([2H])([2H])Oc1cc2c(cc1OC([2H])([2H])[2H])C1N(CC2)CC([2H])(CC(C)C)C([2H])(O)C1([2H])[2H]. The molecule has 0 amide bonds. The summed E-state index contributed by atoms with van der Waals surface area (Å²) in [4.78, 5) is 1.68. The summed E-state index contributed by atoms with van der Waals surface area (Å²) in [6.07, 6.45) is -4.91. The van der Waals surface area contributed by atoms with Gasteiger partial charge in [0.25, 0.3) is 0 Å². The van der Waals surface area contributed by atoms with Crippen molar-refractivity contribution in [1.29, 1.82) is 0 Å². The van der Waals surface area contributed by atoms with Crippen molar-refractivity contribution in [3.63, 3.8) is 0 Å². The fourth-order valence-corrected chi connectivity index (χ4v) is 3.38. The van der Waals surface area contributed by atoms with Crippen LogP contribution < -0.4 is 9.47 Å². The Kier molecular flexibility index (Phi) is 2.39. The molecular weight excluding hydrogens is 290 g/mol. The fraction of sp³-hybridized carbons (Fsp3) is 0.684. The van der Waals surface area contributed by atoms with Crippen LogP contribution in [0.2, 0.25) is 0 Å². The second-order valence-electron chi connectivity index (χ2n) is 6.52. The average Bonchev–Trinajstić information content (AvgIpc) is 2.57. The number of benzene rings is 1. The lowest BCUT2D eigenvalue weighted by atomic mass is 9.79. The van der Waals surface area contributed by atoms with E-state index in [0.717, 1.165) is 0 Å². The Balaban J connectivity index is 2.14. The van der Waals surface area contributed by atoms with E-state index in [1.54, 1.807) is 4.90 Å². The van der Waals surface area contributed by atoms with E-state index in [-0.39, 0.29) is 30.2 Å². The summed E-state index contributed by atoms with van der Waals surface area (Å²) in [5.74, 6) is -2.56. The van der Waals surface area contributed by atoms with Crippen LogP contribution >= 0.6 is 0 Å². The maximum Gasteiger partial charge on any atom is 0.161 e. The predicted octanol–water partition coefficient (Wildman–Crippen LogP) is 3.03. The van der Waals surface area contributed by atoms with Gasteiger partial charge >= 0.3 is 0 Å². The molecule has 0 saturated carbocycles. The largest absolute Gasteiger partial charge is 0.493 e. The number of hydrogen-bond acceptors (Lipinski definition) is 4. The van der Waals surface area contributed by atoms with Gasteiger partial charge in [-0.3, -0.25) is 4.90 Å². The zero-order chi connectivity index (χ0) is 25.2. The highest BCUT2D eigenvalue weighted by atomic mass is 16.5. The molecule has 0 radical (unpaired) electrons. The first-order valence-corrected chi connectivity index (χ1v) is 7.79. The van der Waals surface area contributed by atoms with Crippen molar-refractivity contribution >= 4 is 0 Å². The number of piperidine rings is 1. The Hall–Kier alpha value is -1.26. The van der Waals surface area contributed by atoms with Gasteiger partial charge in [0.1, 0.15) is 0 Å². The highest BCUT2D eigenvalue weighted by Crippen LogP contribution is 2.43. The second-order valence-corrected chi connectivity index (χ2v) is 6.52. The molecule has 0 bridgehead atoms. The topological polar surface area (TPSA) is 41.9 Å². The Labute approximate surface area is 153 Å². The first-order chi connectivity index (χ1) is 14.8. The third kappa shape index (κ3) is 3.20. The molecule has 1 aromatic rings. The monoisotopic (exact) mass is 329 g/mol. The lowest BCUT2D eigenvalue weighted by molar-refractivity contribution is -0.0191. The number of rotatable bonds is 4. The van der Waals surface area contributed by atoms with Crippen LogP contribution in [0, 0.1) is 11.8 Å². The van der Waals surface area contributed by atoms with Gasteiger partial charge in [-0.05, 0) is 54.3 Å². The van der Waals surface area contributed by atoms with Gasteiger partial charge in [-0.15, -0.1) is 0 Å². The van der Waals surface area contributed by atoms with Crippen molar-refractivity contribution in [2.45, 2.75) is 45.2 Å². The summed E-state index contributed by atoms with van der Waals surface area (Å²) < 4.78 is 89.1. The molecule has 1 fully saturated rings. The Morgan fingerprint density at radius 2 is 2.13 bits per heavy atom. The minimum absolute atomic E-state index is 0.0531. The summed E-state index contributed by atoms with van der Waals surface area (Å²) in [6, 6.07) is 1.36. The van der Waals surface area contributed by atoms with Gasteiger partial charge in [-0.1, -0.05) is 13.8 Å². The quantitative estimate of drug-likeness (QED) is 0.922. The van der Waals surface area contributed by atoms with Gasteiger partial charge in [0.2, 0.25) is 0 Å². The lowest BCUT2D eigenvalue weighted by Gasteiger charge is -2.46. The van der Waals surface area contributed by atoms with Crippen molar-refractivity contribution in [2.24, 2.45) is 11.8 Å². The van der Waals surface area contributed by atoms with Gasteiger partial charge in [0.15, 0.2) is 11.5 Å². The number of nitrogens with zero attached hydrogens (tertiary/aromatic N) is 1. The van der Waals surface area contributed by atoms with Gasteiger partial charge in [-0.25, -0.2) is 0 Å². The standard InChI is InChI=1S/C19H29NO3/c1-12(2)7-14-11-20-6-5-13-8-18(22-3)19(23-4)9-15(13)16(20)10-17(14)21/h8-9,12,14,16-17,21H,5-7,10-11H2,1-4H3/i3D3,4D3,10D2,14D,17D. The molecule has 0 aliphatic carbocycles. The third-order valence-electron chi connectivity index (χ3n) is 4.41. The van der Waals surface area contributed by atoms with Crippen molar-refractivity contribution < 1.29 is 28.3 Å². The summed E-state index contributed by atoms with van der Waals surface area (Å²) >= 11 is 0. The van der Waals surface area contributed by atoms with Crippen LogP contribution in [0.15, 0.2) is 12.1 Å². The molecule has 0 aromatic heterocycles. The number of aliphatic hydroxyl groups is 1. The van der Waals surface area contributed by atoms with E-state index in [1.807, 2.05) is 13.8 Å². The van der Waals surface area contributed by atoms with E-state index in [4.69, 9.17) is 23.2 Å². The van der Waals surface area contributed by atoms with E-state index < -0.39 is 44.2 Å². The fourth-order valence-electron chi connectivity index (χ4n) is 3.38. The maximum atomic E-state index is 11.1. The molecule has 2 aliphatic heterocycles. The summed E-state index contributed by atoms with van der Waals surface area (Å²) in [7, 11) is -5.80. The molecule has 2 heterocycles. The summed E-state index contributed by atoms with van der Waals surface area (Å²) in [5, 5.41) is 11.1. The summed E-state index contributed by atoms with van der Waals surface area (Å²) in [5.41, 5.74) is 0.759. The molecule has 128 valence electrons. The van der Waals surface area contributed by atoms with E-state index in [0.29, 0.717) is 18.5 Å². The molecule has 1 N–H and O–H groups in total. The van der Waals surface area contributed by atoms with Crippen molar-refractivity contribution in [2.75, 3.05) is 27.2 Å². The molecular formula is C19H29NO3. The molecule has 1 saturated heterocycles. The zero-order valence-corrected chi connectivity index (χ0v) is 13.3. The van der Waals surface area contributed by atoms with Gasteiger partial charge < -0.3 is 14.6 Å². The van der Waals surface area contributed by atoms with Gasteiger partial charge in [0.05, 0.1) is 29.8 Å². The minimum Gasteiger partial charge on any atom is -0.493 e. The van der Waals surface area contributed by atoms with E-state index in [1.165, 1.54) is 12.1 Å². The van der Waals surface area contributed by atoms with E-state index in [2.05, 4.69) is 0 Å². The summed E-state index contributed by atoms with van der Waals surface area (Å²) in [6.45, 7) is 3.92. The van der Waals surface area contributed by atoms with Gasteiger partial charge in [-0.2, -0.15) is 0 Å². The van der Waals surface area contributed by atoms with Gasteiger partial charge in [0, 0.05) is 23.2 Å². The molecule has 3 atom stereocenters. The second kappa shape index (κ2) is 6.70. The zero-order valence-electron chi connectivity index (χ0n) is 23.3. The first kappa shape index (κ1) is 8.21. The van der Waals surface area contributed by atoms with E-state index in [9.17, 15) is 5.11 Å².